The van der Waals surface area contributed by atoms with Crippen LogP contribution in [-0.2, 0) is 0 Å². The van der Waals surface area contributed by atoms with Gasteiger partial charge in [0.1, 0.15) is 33.5 Å². The summed E-state index contributed by atoms with van der Waals surface area (Å²) in [4.78, 5) is 15.6. The number of nitrogens with zero attached hydrogens (tertiary/aromatic N) is 3. The third-order valence-corrected chi connectivity index (χ3v) is 11.0. The molecule has 0 aliphatic rings. The summed E-state index contributed by atoms with van der Waals surface area (Å²) in [5, 5.41) is 5.83. The molecular formula is C51H29N3O3. The van der Waals surface area contributed by atoms with Crippen LogP contribution in [0.5, 0.6) is 0 Å². The van der Waals surface area contributed by atoms with Crippen molar-refractivity contribution in [3.8, 4) is 56.4 Å². The van der Waals surface area contributed by atoms with Gasteiger partial charge in [0.2, 0.25) is 0 Å². The summed E-state index contributed by atoms with van der Waals surface area (Å²) in [7, 11) is 0. The van der Waals surface area contributed by atoms with Crippen LogP contribution < -0.4 is 0 Å². The molecule has 266 valence electrons. The second-order valence-corrected chi connectivity index (χ2v) is 14.3. The molecule has 57 heavy (non-hydrogen) atoms. The molecule has 0 radical (unpaired) electrons. The lowest BCUT2D eigenvalue weighted by Gasteiger charge is -2.13. The second-order valence-electron chi connectivity index (χ2n) is 14.3. The van der Waals surface area contributed by atoms with Gasteiger partial charge < -0.3 is 13.3 Å². The van der Waals surface area contributed by atoms with E-state index in [1.165, 1.54) is 5.56 Å². The second kappa shape index (κ2) is 12.3. The Labute approximate surface area is 325 Å². The zero-order valence-electron chi connectivity index (χ0n) is 30.3. The third-order valence-electron chi connectivity index (χ3n) is 11.0. The Kier molecular flexibility index (Phi) is 6.83. The molecule has 0 unspecified atom stereocenters. The molecule has 0 aliphatic carbocycles. The Morgan fingerprint density at radius 2 is 0.842 bits per heavy atom. The summed E-state index contributed by atoms with van der Waals surface area (Å²) in [6, 6.07) is 59.7. The number of hydrogen-bond donors (Lipinski definition) is 0. The van der Waals surface area contributed by atoms with Crippen LogP contribution in [0.1, 0.15) is 0 Å². The topological polar surface area (TPSA) is 78.1 Å². The summed E-state index contributed by atoms with van der Waals surface area (Å²) in [6.45, 7) is 0. The minimum Gasteiger partial charge on any atom is -0.456 e. The molecule has 0 spiro atoms. The van der Waals surface area contributed by atoms with E-state index in [0.29, 0.717) is 34.2 Å². The quantitative estimate of drug-likeness (QED) is 0.175. The molecule has 0 bridgehead atoms. The van der Waals surface area contributed by atoms with Crippen LogP contribution in [0.15, 0.2) is 189 Å². The monoisotopic (exact) mass is 731 g/mol. The SMILES string of the molecule is c1ccc(-c2ccc(-c3ccccc3-c3nc(-c4ccccc4)nc(-c4cc5oc6ccc7c8ccccc8oc7c6c5c5c4oc4ccccc45)n3)cc2)cc1. The van der Waals surface area contributed by atoms with Crippen molar-refractivity contribution in [1.29, 1.82) is 0 Å². The lowest BCUT2D eigenvalue weighted by atomic mass is 9.96. The Morgan fingerprint density at radius 1 is 0.281 bits per heavy atom. The molecule has 0 aliphatic heterocycles. The number of hydrogen-bond acceptors (Lipinski definition) is 6. The highest BCUT2D eigenvalue weighted by molar-refractivity contribution is 6.33. The van der Waals surface area contributed by atoms with E-state index < -0.39 is 0 Å². The van der Waals surface area contributed by atoms with Gasteiger partial charge in [-0.05, 0) is 52.6 Å². The normalized spacial score (nSPS) is 11.9. The first kappa shape index (κ1) is 31.5. The van der Waals surface area contributed by atoms with Gasteiger partial charge in [-0.3, -0.25) is 0 Å². The lowest BCUT2D eigenvalue weighted by molar-refractivity contribution is 0.660. The van der Waals surface area contributed by atoms with Crippen LogP contribution in [0.3, 0.4) is 0 Å². The number of para-hydroxylation sites is 2. The largest absolute Gasteiger partial charge is 0.456 e. The van der Waals surface area contributed by atoms with Gasteiger partial charge in [0.15, 0.2) is 17.5 Å². The van der Waals surface area contributed by atoms with Gasteiger partial charge in [-0.2, -0.15) is 0 Å². The first-order valence-corrected chi connectivity index (χ1v) is 18.9. The highest BCUT2D eigenvalue weighted by atomic mass is 16.3. The van der Waals surface area contributed by atoms with Crippen LogP contribution in [0, 0.1) is 0 Å². The zero-order chi connectivity index (χ0) is 37.5. The van der Waals surface area contributed by atoms with Gasteiger partial charge in [-0.15, -0.1) is 0 Å². The maximum atomic E-state index is 6.79. The highest BCUT2D eigenvalue weighted by Gasteiger charge is 2.26. The van der Waals surface area contributed by atoms with Gasteiger partial charge in [0.25, 0.3) is 0 Å². The van der Waals surface area contributed by atoms with Crippen molar-refractivity contribution < 1.29 is 13.3 Å². The first-order chi connectivity index (χ1) is 28.2. The van der Waals surface area contributed by atoms with E-state index in [-0.39, 0.29) is 0 Å². The van der Waals surface area contributed by atoms with Crippen LogP contribution in [-0.4, -0.2) is 15.0 Å². The van der Waals surface area contributed by atoms with Crippen molar-refractivity contribution in [2.45, 2.75) is 0 Å². The fourth-order valence-electron chi connectivity index (χ4n) is 8.32. The molecule has 4 heterocycles. The fraction of sp³-hybridized carbons (Fsp3) is 0. The van der Waals surface area contributed by atoms with Gasteiger partial charge in [-0.25, -0.2) is 15.0 Å². The lowest BCUT2D eigenvalue weighted by Crippen LogP contribution is -2.01. The number of aromatic nitrogens is 3. The first-order valence-electron chi connectivity index (χ1n) is 18.9. The minimum absolute atomic E-state index is 0.480. The molecule has 0 fully saturated rings. The van der Waals surface area contributed by atoms with Crippen molar-refractivity contribution in [3.63, 3.8) is 0 Å². The summed E-state index contributed by atoms with van der Waals surface area (Å²) >= 11 is 0. The maximum Gasteiger partial charge on any atom is 0.168 e. The van der Waals surface area contributed by atoms with E-state index in [1.807, 2.05) is 91.0 Å². The molecule has 0 N–H and O–H groups in total. The summed E-state index contributed by atoms with van der Waals surface area (Å²) in [5.41, 5.74) is 11.4. The van der Waals surface area contributed by atoms with Crippen LogP contribution in [0.2, 0.25) is 0 Å². The Balaban J connectivity index is 1.12. The van der Waals surface area contributed by atoms with Crippen LogP contribution in [0.4, 0.5) is 0 Å². The number of benzene rings is 8. The van der Waals surface area contributed by atoms with Gasteiger partial charge in [0.05, 0.1) is 10.9 Å². The molecule has 6 heteroatoms. The standard InChI is InChI=1S/C51H29N3O3/c1-3-13-30(14-4-1)31-23-25-32(26-24-31)34-17-7-8-19-37(34)50-52-49(33-15-5-2-6-16-33)53-51(54-50)39-29-43-45(44-38-20-10-12-22-41(38)57-48(39)44)46-42(55-43)28-27-36-35-18-9-11-21-40(35)56-47(36)46/h1-29H. The van der Waals surface area contributed by atoms with E-state index in [0.717, 1.165) is 82.5 Å². The predicted octanol–water partition coefficient (Wildman–Crippen LogP) is 13.9. The summed E-state index contributed by atoms with van der Waals surface area (Å²) in [6.07, 6.45) is 0. The molecule has 12 aromatic rings. The fourth-order valence-corrected chi connectivity index (χ4v) is 8.32. The molecule has 12 rings (SSSR count). The average molecular weight is 732 g/mol. The average Bonchev–Trinajstić information content (AvgIpc) is 3.98. The Morgan fingerprint density at radius 3 is 1.61 bits per heavy atom. The third kappa shape index (κ3) is 4.94. The summed E-state index contributed by atoms with van der Waals surface area (Å²) in [5.74, 6) is 1.59. The van der Waals surface area contributed by atoms with Crippen molar-refractivity contribution in [1.82, 2.24) is 15.0 Å². The smallest absolute Gasteiger partial charge is 0.168 e. The van der Waals surface area contributed by atoms with E-state index in [9.17, 15) is 0 Å². The number of furan rings is 3. The number of rotatable bonds is 5. The Bertz CT molecular complexity index is 3510. The molecule has 0 saturated carbocycles. The van der Waals surface area contributed by atoms with Gasteiger partial charge in [0, 0.05) is 38.1 Å². The van der Waals surface area contributed by atoms with E-state index in [4.69, 9.17) is 28.2 Å². The Hall–Kier alpha value is -7.83. The number of fused-ring (bicyclic) bond motifs is 11. The molecule has 0 atom stereocenters. The van der Waals surface area contributed by atoms with E-state index >= 15 is 0 Å². The summed E-state index contributed by atoms with van der Waals surface area (Å²) < 4.78 is 20.1. The molecule has 4 aromatic heterocycles. The van der Waals surface area contributed by atoms with Gasteiger partial charge in [-0.1, -0.05) is 146 Å². The van der Waals surface area contributed by atoms with Crippen molar-refractivity contribution in [2.75, 3.05) is 0 Å². The molecular weight excluding hydrogens is 703 g/mol. The van der Waals surface area contributed by atoms with Crippen molar-refractivity contribution in [2.24, 2.45) is 0 Å². The predicted molar refractivity (Wildman–Crippen MR) is 229 cm³/mol. The molecule has 0 amide bonds. The van der Waals surface area contributed by atoms with E-state index in [1.54, 1.807) is 0 Å². The van der Waals surface area contributed by atoms with Gasteiger partial charge >= 0.3 is 0 Å². The molecule has 0 saturated heterocycles. The molecule has 6 nitrogen and oxygen atoms in total. The highest BCUT2D eigenvalue weighted by Crippen LogP contribution is 2.47. The van der Waals surface area contributed by atoms with Crippen LogP contribution >= 0.6 is 0 Å². The van der Waals surface area contributed by atoms with Crippen molar-refractivity contribution >= 4 is 65.8 Å². The van der Waals surface area contributed by atoms with Crippen LogP contribution in [0.25, 0.3) is 122 Å². The van der Waals surface area contributed by atoms with Crippen molar-refractivity contribution in [3.05, 3.63) is 176 Å². The maximum absolute atomic E-state index is 6.79. The molecule has 8 aromatic carbocycles. The zero-order valence-corrected chi connectivity index (χ0v) is 30.3. The van der Waals surface area contributed by atoms with E-state index in [2.05, 4.69) is 84.9 Å². The minimum atomic E-state index is 0.480.